The van der Waals surface area contributed by atoms with Gasteiger partial charge in [-0.3, -0.25) is 0 Å². The molecule has 23 heavy (non-hydrogen) atoms. The summed E-state index contributed by atoms with van der Waals surface area (Å²) in [4.78, 5) is 30.6. The van der Waals surface area contributed by atoms with Crippen LogP contribution in [0.5, 0.6) is 0 Å². The predicted octanol–water partition coefficient (Wildman–Crippen LogP) is -0.540. The van der Waals surface area contributed by atoms with E-state index in [2.05, 4.69) is 30.6 Å². The van der Waals surface area contributed by atoms with Crippen LogP contribution in [0.25, 0.3) is 28.2 Å². The molecule has 0 saturated carbocycles. The second-order valence-electron chi connectivity index (χ2n) is 4.85. The van der Waals surface area contributed by atoms with E-state index in [0.29, 0.717) is 16.6 Å². The van der Waals surface area contributed by atoms with Gasteiger partial charge < -0.3 is 10.7 Å². The number of carbonyl (C=O) groups is 1. The molecule has 0 fully saturated rings. The van der Waals surface area contributed by atoms with Gasteiger partial charge in [0, 0.05) is 5.39 Å². The van der Waals surface area contributed by atoms with Gasteiger partial charge >= 0.3 is 11.7 Å². The van der Waals surface area contributed by atoms with Crippen molar-refractivity contribution < 1.29 is 4.79 Å². The lowest BCUT2D eigenvalue weighted by atomic mass is 10.1. The predicted molar refractivity (Wildman–Crippen MR) is 77.6 cm³/mol. The lowest BCUT2D eigenvalue weighted by molar-refractivity contribution is 0.247. The molecular formula is C12H9N9O2. The van der Waals surface area contributed by atoms with Crippen LogP contribution >= 0.6 is 0 Å². The van der Waals surface area contributed by atoms with E-state index in [1.54, 1.807) is 0 Å². The fraction of sp³-hybridized carbons (Fsp3) is 0.0833. The Balaban J connectivity index is 2.09. The molecule has 0 saturated heterocycles. The van der Waals surface area contributed by atoms with Gasteiger partial charge in [0.15, 0.2) is 5.65 Å². The van der Waals surface area contributed by atoms with Crippen molar-refractivity contribution in [3.05, 3.63) is 34.2 Å². The molecule has 1 aromatic carbocycles. The van der Waals surface area contributed by atoms with Crippen LogP contribution in [0.2, 0.25) is 0 Å². The Labute approximate surface area is 126 Å². The number of aryl methyl sites for hydroxylation is 1. The van der Waals surface area contributed by atoms with Gasteiger partial charge in [0.05, 0.1) is 5.52 Å². The second-order valence-corrected chi connectivity index (χ2v) is 4.85. The zero-order valence-electron chi connectivity index (χ0n) is 11.8. The van der Waals surface area contributed by atoms with E-state index in [0.717, 1.165) is 14.8 Å². The summed E-state index contributed by atoms with van der Waals surface area (Å²) in [5.74, 6) is -0.0188. The maximum Gasteiger partial charge on any atom is 0.348 e. The van der Waals surface area contributed by atoms with Crippen LogP contribution in [-0.4, -0.2) is 45.8 Å². The van der Waals surface area contributed by atoms with Crippen molar-refractivity contribution in [3.63, 3.8) is 0 Å². The standard InChI is InChI=1S/C12H9N9O2/c1-5-3-2-4-6-7(5)14-12(23)21-9(6)15-8(17-21)10-16-18-19-20(10)11(13)22/h2-4H,1H3,(H2,13,22)(H,14,23). The van der Waals surface area contributed by atoms with Gasteiger partial charge in [-0.15, -0.1) is 14.9 Å². The number of nitrogens with zero attached hydrogens (tertiary/aromatic N) is 7. The molecule has 0 unspecified atom stereocenters. The third-order valence-corrected chi connectivity index (χ3v) is 3.42. The first-order chi connectivity index (χ1) is 11.1. The summed E-state index contributed by atoms with van der Waals surface area (Å²) in [7, 11) is 0. The summed E-state index contributed by atoms with van der Waals surface area (Å²) in [6.45, 7) is 1.87. The first-order valence-corrected chi connectivity index (χ1v) is 6.53. The highest BCUT2D eigenvalue weighted by atomic mass is 16.2. The number of primary amides is 1. The van der Waals surface area contributed by atoms with Crippen molar-refractivity contribution in [2.75, 3.05) is 0 Å². The first-order valence-electron chi connectivity index (χ1n) is 6.53. The zero-order valence-corrected chi connectivity index (χ0v) is 11.8. The number of hydrogen-bond acceptors (Lipinski definition) is 7. The highest BCUT2D eigenvalue weighted by Gasteiger charge is 2.20. The minimum atomic E-state index is -0.876. The van der Waals surface area contributed by atoms with Gasteiger partial charge in [-0.2, -0.15) is 4.52 Å². The molecule has 11 heteroatoms. The second kappa shape index (κ2) is 4.43. The Kier molecular flexibility index (Phi) is 2.52. The number of carbonyl (C=O) groups excluding carboxylic acids is 1. The molecule has 11 nitrogen and oxygen atoms in total. The zero-order chi connectivity index (χ0) is 16.1. The number of aromatic nitrogens is 8. The average Bonchev–Trinajstić information content (AvgIpc) is 3.15. The van der Waals surface area contributed by atoms with Crippen molar-refractivity contribution in [2.24, 2.45) is 5.73 Å². The maximum atomic E-state index is 12.2. The lowest BCUT2D eigenvalue weighted by Crippen LogP contribution is -2.22. The molecule has 3 N–H and O–H groups in total. The molecule has 0 aliphatic heterocycles. The molecule has 0 aliphatic carbocycles. The van der Waals surface area contributed by atoms with E-state index in [1.807, 2.05) is 25.1 Å². The Morgan fingerprint density at radius 3 is 2.96 bits per heavy atom. The highest BCUT2D eigenvalue weighted by molar-refractivity contribution is 5.93. The first kappa shape index (κ1) is 13.1. The van der Waals surface area contributed by atoms with Crippen molar-refractivity contribution in [2.45, 2.75) is 6.92 Å². The fourth-order valence-corrected chi connectivity index (χ4v) is 2.38. The SMILES string of the molecule is Cc1cccc2c1[nH]c(=O)n1nc(-c3nnnn3C(N)=O)nc21. The number of H-pyrrole nitrogens is 1. The average molecular weight is 311 g/mol. The quantitative estimate of drug-likeness (QED) is 0.448. The molecule has 0 bridgehead atoms. The van der Waals surface area contributed by atoms with Gasteiger partial charge in [0.2, 0.25) is 11.6 Å². The molecule has 4 aromatic rings. The number of rotatable bonds is 1. The number of hydrogen-bond donors (Lipinski definition) is 2. The molecule has 1 amide bonds. The minimum Gasteiger partial charge on any atom is -0.350 e. The van der Waals surface area contributed by atoms with Gasteiger partial charge in [0.1, 0.15) is 0 Å². The molecule has 4 rings (SSSR count). The number of amides is 1. The normalized spacial score (nSPS) is 11.3. The molecule has 0 aliphatic rings. The van der Waals surface area contributed by atoms with Crippen molar-refractivity contribution >= 4 is 22.6 Å². The number of fused-ring (bicyclic) bond motifs is 3. The van der Waals surface area contributed by atoms with E-state index in [1.165, 1.54) is 0 Å². The van der Waals surface area contributed by atoms with Crippen LogP contribution in [0.1, 0.15) is 5.56 Å². The Morgan fingerprint density at radius 1 is 1.35 bits per heavy atom. The van der Waals surface area contributed by atoms with Crippen LogP contribution in [0.15, 0.2) is 23.0 Å². The Hall–Kier alpha value is -3.63. The van der Waals surface area contributed by atoms with Gasteiger partial charge in [-0.05, 0) is 29.0 Å². The largest absolute Gasteiger partial charge is 0.350 e. The van der Waals surface area contributed by atoms with E-state index >= 15 is 0 Å². The van der Waals surface area contributed by atoms with Gasteiger partial charge in [-0.1, -0.05) is 12.1 Å². The van der Waals surface area contributed by atoms with Crippen molar-refractivity contribution in [1.82, 2.24) is 39.8 Å². The highest BCUT2D eigenvalue weighted by Crippen LogP contribution is 2.20. The molecular weight excluding hydrogens is 302 g/mol. The van der Waals surface area contributed by atoms with E-state index in [9.17, 15) is 9.59 Å². The van der Waals surface area contributed by atoms with E-state index in [-0.39, 0.29) is 11.6 Å². The number of benzene rings is 1. The van der Waals surface area contributed by atoms with Crippen molar-refractivity contribution in [3.8, 4) is 11.6 Å². The summed E-state index contributed by atoms with van der Waals surface area (Å²) in [5, 5.41) is 15.3. The Bertz CT molecular complexity index is 1140. The number of nitrogens with one attached hydrogen (secondary N) is 1. The van der Waals surface area contributed by atoms with Crippen LogP contribution in [0.3, 0.4) is 0 Å². The maximum absolute atomic E-state index is 12.2. The topological polar surface area (TPSA) is 150 Å². The minimum absolute atomic E-state index is 0.0216. The summed E-state index contributed by atoms with van der Waals surface area (Å²) < 4.78 is 1.85. The summed E-state index contributed by atoms with van der Waals surface area (Å²) >= 11 is 0. The number of tetrazole rings is 1. The number of aromatic amines is 1. The van der Waals surface area contributed by atoms with Crippen LogP contribution < -0.4 is 11.4 Å². The summed E-state index contributed by atoms with van der Waals surface area (Å²) in [6.07, 6.45) is 0. The summed E-state index contributed by atoms with van der Waals surface area (Å²) in [6, 6.07) is 4.65. The van der Waals surface area contributed by atoms with Crippen molar-refractivity contribution in [1.29, 1.82) is 0 Å². The molecule has 0 spiro atoms. The van der Waals surface area contributed by atoms with Crippen LogP contribution in [0.4, 0.5) is 4.79 Å². The number of nitrogens with two attached hydrogens (primary N) is 1. The van der Waals surface area contributed by atoms with Crippen LogP contribution in [0, 0.1) is 6.92 Å². The lowest BCUT2D eigenvalue weighted by Gasteiger charge is -2.01. The van der Waals surface area contributed by atoms with Gasteiger partial charge in [-0.25, -0.2) is 14.6 Å². The fourth-order valence-electron chi connectivity index (χ4n) is 2.38. The smallest absolute Gasteiger partial charge is 0.348 e. The molecule has 0 atom stereocenters. The monoisotopic (exact) mass is 311 g/mol. The molecule has 114 valence electrons. The molecule has 0 radical (unpaired) electrons. The summed E-state index contributed by atoms with van der Waals surface area (Å²) in [5.41, 5.74) is 6.62. The van der Waals surface area contributed by atoms with Gasteiger partial charge in [0.25, 0.3) is 0 Å². The number of para-hydroxylation sites is 1. The van der Waals surface area contributed by atoms with E-state index < -0.39 is 11.7 Å². The van der Waals surface area contributed by atoms with E-state index in [4.69, 9.17) is 5.73 Å². The Morgan fingerprint density at radius 2 is 2.17 bits per heavy atom. The molecule has 3 heterocycles. The third-order valence-electron chi connectivity index (χ3n) is 3.42. The molecule has 3 aromatic heterocycles. The van der Waals surface area contributed by atoms with Crippen LogP contribution in [-0.2, 0) is 0 Å². The third kappa shape index (κ3) is 1.79.